The van der Waals surface area contributed by atoms with Crippen molar-refractivity contribution < 1.29 is 0 Å². The highest BCUT2D eigenvalue weighted by atomic mass is 32.1. The molecule has 0 bridgehead atoms. The number of aryl methyl sites for hydroxylation is 1. The Morgan fingerprint density at radius 1 is 1.33 bits per heavy atom. The minimum absolute atomic E-state index is 0.292. The van der Waals surface area contributed by atoms with Gasteiger partial charge in [0, 0.05) is 24.6 Å². The van der Waals surface area contributed by atoms with Gasteiger partial charge >= 0.3 is 0 Å². The summed E-state index contributed by atoms with van der Waals surface area (Å²) in [6.45, 7) is 2.62. The molecule has 92 valence electrons. The number of hydrogen-bond donors (Lipinski definition) is 2. The maximum atomic E-state index is 5.62. The van der Waals surface area contributed by atoms with E-state index in [9.17, 15) is 0 Å². The lowest BCUT2D eigenvalue weighted by atomic mass is 10.2. The third kappa shape index (κ3) is 3.01. The van der Waals surface area contributed by atoms with Crippen molar-refractivity contribution in [3.05, 3.63) is 53.6 Å². The highest BCUT2D eigenvalue weighted by molar-refractivity contribution is 7.80. The molecule has 2 rings (SSSR count). The van der Waals surface area contributed by atoms with Crippen molar-refractivity contribution in [3.8, 4) is 0 Å². The zero-order chi connectivity index (χ0) is 13.0. The van der Waals surface area contributed by atoms with Gasteiger partial charge in [-0.3, -0.25) is 9.97 Å². The average molecular weight is 258 g/mol. The zero-order valence-electron chi connectivity index (χ0n) is 10.1. The van der Waals surface area contributed by atoms with Crippen molar-refractivity contribution in [1.82, 2.24) is 9.97 Å². The second-order valence-corrected chi connectivity index (χ2v) is 4.37. The lowest BCUT2D eigenvalue weighted by Crippen LogP contribution is -2.15. The van der Waals surface area contributed by atoms with Crippen LogP contribution in [0.4, 0.5) is 5.69 Å². The molecule has 0 fully saturated rings. The van der Waals surface area contributed by atoms with Crippen LogP contribution in [0, 0.1) is 6.92 Å². The summed E-state index contributed by atoms with van der Waals surface area (Å²) in [6.07, 6.45) is 3.52. The Bertz CT molecular complexity index is 551. The van der Waals surface area contributed by atoms with Crippen LogP contribution in [-0.4, -0.2) is 15.0 Å². The fourth-order valence-electron chi connectivity index (χ4n) is 1.54. The van der Waals surface area contributed by atoms with E-state index in [1.165, 1.54) is 0 Å². The molecule has 0 atom stereocenters. The highest BCUT2D eigenvalue weighted by Gasteiger charge is 2.05. The van der Waals surface area contributed by atoms with E-state index < -0.39 is 0 Å². The Hall–Kier alpha value is -2.01. The summed E-state index contributed by atoms with van der Waals surface area (Å²) in [7, 11) is 0. The van der Waals surface area contributed by atoms with Crippen molar-refractivity contribution in [2.45, 2.75) is 13.5 Å². The maximum absolute atomic E-state index is 5.62. The lowest BCUT2D eigenvalue weighted by molar-refractivity contribution is 1.08. The van der Waals surface area contributed by atoms with E-state index in [1.54, 1.807) is 6.20 Å². The minimum Gasteiger partial charge on any atom is -0.388 e. The van der Waals surface area contributed by atoms with Crippen LogP contribution in [0.25, 0.3) is 0 Å². The molecule has 2 heterocycles. The third-order valence-electron chi connectivity index (χ3n) is 2.50. The fourth-order valence-corrected chi connectivity index (χ4v) is 1.71. The number of nitrogens with two attached hydrogens (primary N) is 1. The van der Waals surface area contributed by atoms with Gasteiger partial charge in [0.2, 0.25) is 0 Å². The standard InChI is InChI=1S/C13H14N4S/c1-9-4-5-10(7-16-9)8-17-11-3-2-6-15-12(11)13(14)18/h2-7,17H,8H2,1H3,(H2,14,18). The van der Waals surface area contributed by atoms with E-state index in [0.29, 0.717) is 17.2 Å². The molecule has 2 aromatic rings. The summed E-state index contributed by atoms with van der Waals surface area (Å²) in [6, 6.07) is 7.77. The molecule has 4 nitrogen and oxygen atoms in total. The maximum Gasteiger partial charge on any atom is 0.124 e. The molecule has 18 heavy (non-hydrogen) atoms. The van der Waals surface area contributed by atoms with Gasteiger partial charge in [-0.25, -0.2) is 0 Å². The molecule has 0 aliphatic carbocycles. The summed E-state index contributed by atoms with van der Waals surface area (Å²) in [5.74, 6) is 0. The van der Waals surface area contributed by atoms with E-state index in [-0.39, 0.29) is 0 Å². The fraction of sp³-hybridized carbons (Fsp3) is 0.154. The van der Waals surface area contributed by atoms with E-state index >= 15 is 0 Å². The summed E-state index contributed by atoms with van der Waals surface area (Å²) in [4.78, 5) is 8.69. The molecule has 0 saturated heterocycles. The number of aromatic nitrogens is 2. The first-order chi connectivity index (χ1) is 8.66. The summed E-state index contributed by atoms with van der Waals surface area (Å²) >= 11 is 4.96. The Balaban J connectivity index is 2.10. The van der Waals surface area contributed by atoms with E-state index in [1.807, 2.05) is 37.4 Å². The largest absolute Gasteiger partial charge is 0.388 e. The van der Waals surface area contributed by atoms with Gasteiger partial charge in [-0.1, -0.05) is 18.3 Å². The third-order valence-corrected chi connectivity index (χ3v) is 2.69. The monoisotopic (exact) mass is 258 g/mol. The summed E-state index contributed by atoms with van der Waals surface area (Å²) < 4.78 is 0. The predicted molar refractivity (Wildman–Crippen MR) is 76.4 cm³/mol. The zero-order valence-corrected chi connectivity index (χ0v) is 10.9. The van der Waals surface area contributed by atoms with Gasteiger partial charge in [0.05, 0.1) is 5.69 Å². The van der Waals surface area contributed by atoms with Gasteiger partial charge in [0.15, 0.2) is 0 Å². The van der Waals surface area contributed by atoms with Crippen molar-refractivity contribution in [3.63, 3.8) is 0 Å². The van der Waals surface area contributed by atoms with E-state index in [2.05, 4.69) is 15.3 Å². The molecule has 2 aromatic heterocycles. The first-order valence-electron chi connectivity index (χ1n) is 5.57. The molecular formula is C13H14N4S. The number of rotatable bonds is 4. The van der Waals surface area contributed by atoms with Gasteiger partial charge < -0.3 is 11.1 Å². The Morgan fingerprint density at radius 2 is 2.17 bits per heavy atom. The first kappa shape index (κ1) is 12.4. The molecule has 0 aliphatic rings. The molecule has 0 amide bonds. The van der Waals surface area contributed by atoms with Gasteiger partial charge in [0.1, 0.15) is 10.7 Å². The quantitative estimate of drug-likeness (QED) is 0.822. The van der Waals surface area contributed by atoms with Crippen LogP contribution in [-0.2, 0) is 6.54 Å². The smallest absolute Gasteiger partial charge is 0.124 e. The van der Waals surface area contributed by atoms with Gasteiger partial charge in [0.25, 0.3) is 0 Å². The molecule has 0 aromatic carbocycles. The van der Waals surface area contributed by atoms with Crippen LogP contribution in [0.1, 0.15) is 17.0 Å². The first-order valence-corrected chi connectivity index (χ1v) is 5.98. The van der Waals surface area contributed by atoms with Crippen molar-refractivity contribution >= 4 is 22.9 Å². The van der Waals surface area contributed by atoms with Crippen LogP contribution >= 0.6 is 12.2 Å². The van der Waals surface area contributed by atoms with Crippen molar-refractivity contribution in [2.24, 2.45) is 5.73 Å². The number of nitrogens with zero attached hydrogens (tertiary/aromatic N) is 2. The van der Waals surface area contributed by atoms with Crippen molar-refractivity contribution in [1.29, 1.82) is 0 Å². The number of pyridine rings is 2. The second kappa shape index (κ2) is 5.55. The topological polar surface area (TPSA) is 63.8 Å². The van der Waals surface area contributed by atoms with Crippen LogP contribution < -0.4 is 11.1 Å². The number of nitrogens with one attached hydrogen (secondary N) is 1. The number of hydrogen-bond acceptors (Lipinski definition) is 4. The van der Waals surface area contributed by atoms with Crippen molar-refractivity contribution in [2.75, 3.05) is 5.32 Å². The molecular weight excluding hydrogens is 244 g/mol. The minimum atomic E-state index is 0.292. The van der Waals surface area contributed by atoms with E-state index in [0.717, 1.165) is 16.9 Å². The predicted octanol–water partition coefficient (Wildman–Crippen LogP) is 2.03. The Labute approximate surface area is 111 Å². The molecule has 0 aliphatic heterocycles. The highest BCUT2D eigenvalue weighted by Crippen LogP contribution is 2.13. The SMILES string of the molecule is Cc1ccc(CNc2cccnc2C(N)=S)cn1. The van der Waals surface area contributed by atoms with Gasteiger partial charge in [-0.05, 0) is 30.7 Å². The number of anilines is 1. The van der Waals surface area contributed by atoms with Crippen LogP contribution in [0.2, 0.25) is 0 Å². The summed E-state index contributed by atoms with van der Waals surface area (Å²) in [5.41, 5.74) is 9.18. The van der Waals surface area contributed by atoms with Crippen LogP contribution in [0.15, 0.2) is 36.7 Å². The van der Waals surface area contributed by atoms with Gasteiger partial charge in [-0.2, -0.15) is 0 Å². The van der Waals surface area contributed by atoms with E-state index in [4.69, 9.17) is 18.0 Å². The average Bonchev–Trinajstić information content (AvgIpc) is 2.38. The molecule has 5 heteroatoms. The molecule has 0 saturated carbocycles. The molecule has 0 unspecified atom stereocenters. The number of thiocarbonyl (C=S) groups is 1. The van der Waals surface area contributed by atoms with Gasteiger partial charge in [-0.15, -0.1) is 0 Å². The second-order valence-electron chi connectivity index (χ2n) is 3.93. The molecule has 0 spiro atoms. The lowest BCUT2D eigenvalue weighted by Gasteiger charge is -2.10. The van der Waals surface area contributed by atoms with Crippen LogP contribution in [0.5, 0.6) is 0 Å². The van der Waals surface area contributed by atoms with Crippen LogP contribution in [0.3, 0.4) is 0 Å². The Kier molecular flexibility index (Phi) is 3.84. The molecule has 0 radical (unpaired) electrons. The molecule has 3 N–H and O–H groups in total. The summed E-state index contributed by atoms with van der Waals surface area (Å²) in [5, 5.41) is 3.26. The normalized spacial score (nSPS) is 10.1. The Morgan fingerprint density at radius 3 is 2.83 bits per heavy atom.